The molecule has 0 fully saturated rings. The number of carbonyl (C=O) groups excluding carboxylic acids is 1. The van der Waals surface area contributed by atoms with E-state index in [1.54, 1.807) is 27.7 Å². The zero-order valence-electron chi connectivity index (χ0n) is 9.22. The van der Waals surface area contributed by atoms with Gasteiger partial charge in [0.2, 0.25) is 0 Å². The Kier molecular flexibility index (Phi) is 7.17. The van der Waals surface area contributed by atoms with Crippen molar-refractivity contribution in [3.63, 3.8) is 0 Å². The Hall–Kier alpha value is -0.311. The number of hydrogen-bond donors (Lipinski definition) is 1. The van der Waals surface area contributed by atoms with Crippen LogP contribution in [0.15, 0.2) is 11.8 Å². The number of aliphatic hydroxyl groups is 1. The molecule has 0 aromatic rings. The molecule has 1 N–H and O–H groups in total. The van der Waals surface area contributed by atoms with E-state index in [4.69, 9.17) is 4.74 Å². The van der Waals surface area contributed by atoms with Gasteiger partial charge in [-0.05, 0) is 6.92 Å². The van der Waals surface area contributed by atoms with E-state index in [0.717, 1.165) is 0 Å². The molecule has 87 valence electrons. The minimum absolute atomic E-state index is 0. The maximum absolute atomic E-state index is 11.4. The smallest absolute Gasteiger partial charge is 0.164 e. The molecular formula is C10H18CuO3. The number of hydrogen-bond acceptors (Lipinski definition) is 3. The van der Waals surface area contributed by atoms with E-state index < -0.39 is 11.5 Å². The van der Waals surface area contributed by atoms with Crippen LogP contribution in [0.2, 0.25) is 0 Å². The van der Waals surface area contributed by atoms with Gasteiger partial charge in [0.15, 0.2) is 5.78 Å². The van der Waals surface area contributed by atoms with Gasteiger partial charge in [-0.25, -0.2) is 0 Å². The van der Waals surface area contributed by atoms with Gasteiger partial charge in [-0.1, -0.05) is 20.8 Å². The molecule has 1 unspecified atom stereocenters. The van der Waals surface area contributed by atoms with Crippen LogP contribution in [0.4, 0.5) is 0 Å². The van der Waals surface area contributed by atoms with Crippen molar-refractivity contribution in [1.82, 2.24) is 0 Å². The van der Waals surface area contributed by atoms with Gasteiger partial charge in [0.1, 0.15) is 11.9 Å². The van der Waals surface area contributed by atoms with Crippen LogP contribution in [0.1, 0.15) is 27.7 Å². The summed E-state index contributed by atoms with van der Waals surface area (Å²) in [7, 11) is 1.48. The second-order valence-electron chi connectivity index (χ2n) is 4.06. The topological polar surface area (TPSA) is 46.5 Å². The van der Waals surface area contributed by atoms with Gasteiger partial charge in [-0.2, -0.15) is 0 Å². The molecular weight excluding hydrogens is 232 g/mol. The number of rotatable bonds is 3. The van der Waals surface area contributed by atoms with Crippen LogP contribution in [-0.2, 0) is 26.6 Å². The molecule has 0 bridgehead atoms. The van der Waals surface area contributed by atoms with E-state index >= 15 is 0 Å². The van der Waals surface area contributed by atoms with Gasteiger partial charge in [0.25, 0.3) is 0 Å². The fraction of sp³-hybridized carbons (Fsp3) is 0.700. The minimum atomic E-state index is -0.457. The van der Waals surface area contributed by atoms with Crippen molar-refractivity contribution in [3.05, 3.63) is 11.8 Å². The third-order valence-corrected chi connectivity index (χ3v) is 1.79. The molecule has 0 aliphatic heterocycles. The first-order valence-corrected chi connectivity index (χ1v) is 4.27. The first-order valence-electron chi connectivity index (χ1n) is 4.27. The van der Waals surface area contributed by atoms with Gasteiger partial charge < -0.3 is 9.84 Å². The molecule has 0 amide bonds. The van der Waals surface area contributed by atoms with E-state index in [0.29, 0.717) is 0 Å². The largest absolute Gasteiger partial charge is 0.509 e. The average Bonchev–Trinajstić information content (AvgIpc) is 2.01. The van der Waals surface area contributed by atoms with Crippen molar-refractivity contribution in [1.29, 1.82) is 0 Å². The van der Waals surface area contributed by atoms with Crippen LogP contribution >= 0.6 is 0 Å². The molecule has 0 aromatic carbocycles. The Bertz CT molecular complexity index is 216. The summed E-state index contributed by atoms with van der Waals surface area (Å²) in [6, 6.07) is 0. The van der Waals surface area contributed by atoms with Gasteiger partial charge in [-0.15, -0.1) is 0 Å². The summed E-state index contributed by atoms with van der Waals surface area (Å²) in [5, 5.41) is 9.37. The quantitative estimate of drug-likeness (QED) is 0.473. The Balaban J connectivity index is 0. The molecule has 0 spiro atoms. The van der Waals surface area contributed by atoms with E-state index in [1.807, 2.05) is 0 Å². The van der Waals surface area contributed by atoms with Crippen molar-refractivity contribution in [3.8, 4) is 0 Å². The first-order chi connectivity index (χ1) is 5.79. The normalized spacial score (nSPS) is 14.5. The second-order valence-corrected chi connectivity index (χ2v) is 4.06. The number of carbonyl (C=O) groups is 1. The molecule has 0 rings (SSSR count). The summed E-state index contributed by atoms with van der Waals surface area (Å²) in [5.74, 6) is -0.128. The molecule has 0 aliphatic rings. The molecule has 0 heterocycles. The van der Waals surface area contributed by atoms with Crippen molar-refractivity contribution < 1.29 is 31.7 Å². The summed E-state index contributed by atoms with van der Waals surface area (Å²) in [4.78, 5) is 11.4. The van der Waals surface area contributed by atoms with Crippen LogP contribution in [0.25, 0.3) is 0 Å². The average molecular weight is 250 g/mol. The van der Waals surface area contributed by atoms with Gasteiger partial charge in [0, 0.05) is 35.7 Å². The second kappa shape index (κ2) is 6.23. The van der Waals surface area contributed by atoms with Crippen molar-refractivity contribution in [2.75, 3.05) is 7.11 Å². The fourth-order valence-electron chi connectivity index (χ4n) is 0.589. The van der Waals surface area contributed by atoms with Crippen molar-refractivity contribution in [2.24, 2.45) is 5.41 Å². The Morgan fingerprint density at radius 1 is 1.43 bits per heavy atom. The fourth-order valence-corrected chi connectivity index (χ4v) is 0.589. The number of aliphatic hydroxyl groups excluding tert-OH is 1. The Morgan fingerprint density at radius 3 is 2.14 bits per heavy atom. The zero-order valence-corrected chi connectivity index (χ0v) is 10.2. The van der Waals surface area contributed by atoms with Crippen LogP contribution in [0.5, 0.6) is 0 Å². The minimum Gasteiger partial charge on any atom is -0.509 e. The molecule has 4 heteroatoms. The SMILES string of the molecule is COC(C)/C(O)=C/C(=O)C(C)(C)C.[Cu]. The molecule has 1 radical (unpaired) electrons. The predicted octanol–water partition coefficient (Wildman–Crippen LogP) is 2.08. The third-order valence-electron chi connectivity index (χ3n) is 1.79. The molecule has 1 atom stereocenters. The summed E-state index contributed by atoms with van der Waals surface area (Å²) < 4.78 is 4.85. The van der Waals surface area contributed by atoms with Crippen molar-refractivity contribution in [2.45, 2.75) is 33.8 Å². The van der Waals surface area contributed by atoms with Crippen LogP contribution in [-0.4, -0.2) is 24.1 Å². The van der Waals surface area contributed by atoms with Gasteiger partial charge >= 0.3 is 0 Å². The predicted molar refractivity (Wildman–Crippen MR) is 51.6 cm³/mol. The molecule has 0 saturated carbocycles. The number of methoxy groups -OCH3 is 1. The molecule has 0 aliphatic carbocycles. The number of ketones is 1. The zero-order chi connectivity index (χ0) is 10.6. The Morgan fingerprint density at radius 2 is 1.86 bits per heavy atom. The van der Waals surface area contributed by atoms with Gasteiger partial charge in [0.05, 0.1) is 0 Å². The summed E-state index contributed by atoms with van der Waals surface area (Å²) in [5.41, 5.74) is -0.457. The maximum Gasteiger partial charge on any atom is 0.164 e. The third kappa shape index (κ3) is 5.43. The van der Waals surface area contributed by atoms with Crippen molar-refractivity contribution >= 4 is 5.78 Å². The summed E-state index contributed by atoms with van der Waals surface area (Å²) in [6.45, 7) is 7.09. The maximum atomic E-state index is 11.4. The van der Waals surface area contributed by atoms with E-state index in [9.17, 15) is 9.90 Å². The van der Waals surface area contributed by atoms with Gasteiger partial charge in [-0.3, -0.25) is 4.79 Å². The van der Waals surface area contributed by atoms with Crippen LogP contribution in [0.3, 0.4) is 0 Å². The molecule has 0 saturated heterocycles. The summed E-state index contributed by atoms with van der Waals surface area (Å²) >= 11 is 0. The standard InChI is InChI=1S/C10H18O3.Cu/c1-7(13-5)8(11)6-9(12)10(2,3)4;/h6-7,11H,1-5H3;/b8-6-;. The molecule has 3 nitrogen and oxygen atoms in total. The van der Waals surface area contributed by atoms with E-state index in [-0.39, 0.29) is 28.6 Å². The van der Waals surface area contributed by atoms with Crippen LogP contribution < -0.4 is 0 Å². The van der Waals surface area contributed by atoms with E-state index in [2.05, 4.69) is 0 Å². The number of ether oxygens (including phenoxy) is 1. The summed E-state index contributed by atoms with van der Waals surface area (Å²) in [6.07, 6.45) is 0.806. The van der Waals surface area contributed by atoms with E-state index in [1.165, 1.54) is 13.2 Å². The molecule has 0 aromatic heterocycles. The number of allylic oxidation sites excluding steroid dienone is 1. The first kappa shape index (κ1) is 16.1. The monoisotopic (exact) mass is 249 g/mol. The Labute approximate surface area is 96.0 Å². The van der Waals surface area contributed by atoms with Crippen LogP contribution in [0, 0.1) is 5.41 Å². The molecule has 14 heavy (non-hydrogen) atoms.